The van der Waals surface area contributed by atoms with E-state index in [-0.39, 0.29) is 11.8 Å². The van der Waals surface area contributed by atoms with Gasteiger partial charge in [-0.15, -0.1) is 0 Å². The average Bonchev–Trinajstić information content (AvgIpc) is 2.59. The number of halogens is 3. The molecule has 1 aromatic carbocycles. The van der Waals surface area contributed by atoms with Crippen molar-refractivity contribution in [2.24, 2.45) is 5.92 Å². The topological polar surface area (TPSA) is 71.2 Å². The monoisotopic (exact) mass is 364 g/mol. The van der Waals surface area contributed by atoms with E-state index in [2.05, 4.69) is 10.3 Å². The van der Waals surface area contributed by atoms with Crippen LogP contribution in [0, 0.1) is 5.92 Å². The lowest BCUT2D eigenvalue weighted by Crippen LogP contribution is -2.39. The molecule has 0 bridgehead atoms. The third-order valence-corrected chi connectivity index (χ3v) is 4.33. The quantitative estimate of drug-likeness (QED) is 0.878. The molecule has 2 aromatic rings. The van der Waals surface area contributed by atoms with Crippen LogP contribution < -0.4 is 16.0 Å². The first-order valence-corrected chi connectivity index (χ1v) is 8.17. The number of nitrogens with two attached hydrogens (primary N) is 1. The predicted molar refractivity (Wildman–Crippen MR) is 93.0 cm³/mol. The number of hydrogen-bond donors (Lipinski definition) is 2. The van der Waals surface area contributed by atoms with Gasteiger partial charge in [-0.1, -0.05) is 0 Å². The number of benzene rings is 1. The summed E-state index contributed by atoms with van der Waals surface area (Å²) >= 11 is 0. The third-order valence-electron chi connectivity index (χ3n) is 4.33. The Morgan fingerprint density at radius 1 is 1.35 bits per heavy atom. The summed E-state index contributed by atoms with van der Waals surface area (Å²) in [6.45, 7) is 2.46. The molecule has 0 saturated carbocycles. The van der Waals surface area contributed by atoms with Gasteiger partial charge in [0.05, 0.1) is 28.8 Å². The molecule has 2 heterocycles. The van der Waals surface area contributed by atoms with Gasteiger partial charge in [0.15, 0.2) is 0 Å². The molecule has 3 rings (SSSR count). The van der Waals surface area contributed by atoms with Crippen LogP contribution in [-0.4, -0.2) is 24.0 Å². The van der Waals surface area contributed by atoms with E-state index < -0.39 is 11.7 Å². The number of hydrogen-bond acceptors (Lipinski definition) is 4. The highest BCUT2D eigenvalue weighted by atomic mass is 19.4. The molecule has 1 aromatic heterocycles. The number of nitrogens with one attached hydrogen (secondary N) is 1. The number of nitrogens with zero attached hydrogens (tertiary/aromatic N) is 2. The van der Waals surface area contributed by atoms with Crippen LogP contribution in [-0.2, 0) is 17.4 Å². The number of aromatic nitrogens is 1. The zero-order chi connectivity index (χ0) is 18.9. The van der Waals surface area contributed by atoms with Crippen molar-refractivity contribution in [3.63, 3.8) is 0 Å². The molecule has 1 amide bonds. The summed E-state index contributed by atoms with van der Waals surface area (Å²) in [5.74, 6) is -0.0352. The van der Waals surface area contributed by atoms with Crippen LogP contribution in [0.1, 0.15) is 18.2 Å². The molecule has 1 aliphatic rings. The van der Waals surface area contributed by atoms with Gasteiger partial charge >= 0.3 is 6.18 Å². The fourth-order valence-electron chi connectivity index (χ4n) is 3.08. The van der Waals surface area contributed by atoms with E-state index in [0.717, 1.165) is 23.5 Å². The second-order valence-electron chi connectivity index (χ2n) is 6.40. The van der Waals surface area contributed by atoms with Crippen molar-refractivity contribution in [3.8, 4) is 0 Å². The van der Waals surface area contributed by atoms with Crippen LogP contribution >= 0.6 is 0 Å². The summed E-state index contributed by atoms with van der Waals surface area (Å²) < 4.78 is 38.4. The van der Waals surface area contributed by atoms with Crippen LogP contribution in [0.25, 0.3) is 0 Å². The number of anilines is 3. The van der Waals surface area contributed by atoms with E-state index in [4.69, 9.17) is 5.73 Å². The second kappa shape index (κ2) is 6.86. The largest absolute Gasteiger partial charge is 0.416 e. The highest BCUT2D eigenvalue weighted by Gasteiger charge is 2.31. The number of fused-ring (bicyclic) bond motifs is 1. The van der Waals surface area contributed by atoms with Gasteiger partial charge in [-0.2, -0.15) is 13.2 Å². The Bertz CT molecular complexity index is 805. The molecule has 0 aliphatic carbocycles. The van der Waals surface area contributed by atoms with E-state index >= 15 is 0 Å². The maximum absolute atomic E-state index is 12.8. The van der Waals surface area contributed by atoms with Crippen molar-refractivity contribution in [1.82, 2.24) is 10.3 Å². The lowest BCUT2D eigenvalue weighted by molar-refractivity contribution is -0.137. The Labute approximate surface area is 149 Å². The van der Waals surface area contributed by atoms with Crippen LogP contribution in [0.15, 0.2) is 36.5 Å². The van der Waals surface area contributed by atoms with E-state index in [1.807, 2.05) is 4.90 Å². The Morgan fingerprint density at radius 3 is 2.65 bits per heavy atom. The number of alkyl halides is 3. The van der Waals surface area contributed by atoms with E-state index in [0.29, 0.717) is 30.9 Å². The van der Waals surface area contributed by atoms with Gasteiger partial charge in [0.25, 0.3) is 0 Å². The van der Waals surface area contributed by atoms with Gasteiger partial charge in [0.2, 0.25) is 5.91 Å². The summed E-state index contributed by atoms with van der Waals surface area (Å²) in [6.07, 6.45) is -2.16. The van der Waals surface area contributed by atoms with Crippen molar-refractivity contribution >= 4 is 23.0 Å². The second-order valence-corrected chi connectivity index (χ2v) is 6.40. The Kier molecular flexibility index (Phi) is 4.76. The van der Waals surface area contributed by atoms with E-state index in [9.17, 15) is 18.0 Å². The van der Waals surface area contributed by atoms with Crippen molar-refractivity contribution in [2.45, 2.75) is 19.5 Å². The lowest BCUT2D eigenvalue weighted by atomic mass is 9.95. The fraction of sp³-hybridized carbons (Fsp3) is 0.333. The third kappa shape index (κ3) is 3.89. The zero-order valence-electron chi connectivity index (χ0n) is 14.2. The summed E-state index contributed by atoms with van der Waals surface area (Å²) in [5, 5.41) is 2.79. The Morgan fingerprint density at radius 2 is 2.04 bits per heavy atom. The molecule has 0 fully saturated rings. The standard InChI is InChI=1S/C18H19F3N4O/c1-11(26)23-8-12-6-16-17(7-14(22)9-24-16)25(10-12)15-4-2-13(3-5-15)18(19,20)21/h2-5,7,9,12H,6,8,10,22H2,1H3,(H,23,26). The summed E-state index contributed by atoms with van der Waals surface area (Å²) in [7, 11) is 0. The number of rotatable bonds is 3. The van der Waals surface area contributed by atoms with Gasteiger partial charge in [0.1, 0.15) is 0 Å². The van der Waals surface area contributed by atoms with Crippen molar-refractivity contribution in [2.75, 3.05) is 23.7 Å². The maximum Gasteiger partial charge on any atom is 0.416 e. The lowest BCUT2D eigenvalue weighted by Gasteiger charge is -2.35. The summed E-state index contributed by atoms with van der Waals surface area (Å²) in [6, 6.07) is 6.78. The molecule has 0 spiro atoms. The van der Waals surface area contributed by atoms with E-state index in [1.165, 1.54) is 19.1 Å². The molecule has 0 saturated heterocycles. The van der Waals surface area contributed by atoms with Crippen LogP contribution in [0.2, 0.25) is 0 Å². The maximum atomic E-state index is 12.8. The Hall–Kier alpha value is -2.77. The summed E-state index contributed by atoms with van der Waals surface area (Å²) in [4.78, 5) is 17.5. The van der Waals surface area contributed by atoms with Crippen LogP contribution in [0.5, 0.6) is 0 Å². The van der Waals surface area contributed by atoms with Gasteiger partial charge in [-0.25, -0.2) is 0 Å². The van der Waals surface area contributed by atoms with Gasteiger partial charge < -0.3 is 16.0 Å². The zero-order valence-corrected chi connectivity index (χ0v) is 14.2. The predicted octanol–water partition coefficient (Wildman–Crippen LogP) is 3.13. The molecular formula is C18H19F3N4O. The average molecular weight is 364 g/mol. The first-order chi connectivity index (χ1) is 12.2. The normalized spacial score (nSPS) is 16.9. The van der Waals surface area contributed by atoms with Crippen molar-refractivity contribution in [3.05, 3.63) is 47.8 Å². The molecular weight excluding hydrogens is 345 g/mol. The van der Waals surface area contributed by atoms with Gasteiger partial charge in [0, 0.05) is 25.7 Å². The number of carbonyl (C=O) groups is 1. The van der Waals surface area contributed by atoms with Gasteiger partial charge in [-0.05, 0) is 42.7 Å². The minimum Gasteiger partial charge on any atom is -0.397 e. The SMILES string of the molecule is CC(=O)NCC1Cc2ncc(N)cc2N(c2ccc(C(F)(F)F)cc2)C1. The molecule has 5 nitrogen and oxygen atoms in total. The summed E-state index contributed by atoms with van der Waals surface area (Å²) in [5.41, 5.74) is 7.84. The molecule has 1 aliphatic heterocycles. The molecule has 8 heteroatoms. The molecule has 0 radical (unpaired) electrons. The molecule has 1 atom stereocenters. The smallest absolute Gasteiger partial charge is 0.397 e. The van der Waals surface area contributed by atoms with Crippen LogP contribution in [0.4, 0.5) is 30.2 Å². The minimum absolute atomic E-state index is 0.0878. The number of pyridine rings is 1. The highest BCUT2D eigenvalue weighted by molar-refractivity contribution is 5.73. The number of amides is 1. The van der Waals surface area contributed by atoms with Crippen molar-refractivity contribution in [1.29, 1.82) is 0 Å². The first-order valence-electron chi connectivity index (χ1n) is 8.17. The Balaban J connectivity index is 1.93. The molecule has 1 unspecified atom stereocenters. The molecule has 3 N–H and O–H groups in total. The van der Waals surface area contributed by atoms with Crippen molar-refractivity contribution < 1.29 is 18.0 Å². The minimum atomic E-state index is -4.38. The highest BCUT2D eigenvalue weighted by Crippen LogP contribution is 2.37. The number of nitrogen functional groups attached to an aromatic ring is 1. The number of carbonyl (C=O) groups excluding carboxylic acids is 1. The van der Waals surface area contributed by atoms with Crippen LogP contribution in [0.3, 0.4) is 0 Å². The first kappa shape index (κ1) is 18.0. The fourth-order valence-corrected chi connectivity index (χ4v) is 3.08. The molecule has 26 heavy (non-hydrogen) atoms. The van der Waals surface area contributed by atoms with Gasteiger partial charge in [-0.3, -0.25) is 9.78 Å². The van der Waals surface area contributed by atoms with E-state index in [1.54, 1.807) is 12.3 Å². The molecule has 138 valence electrons.